The van der Waals surface area contributed by atoms with Crippen LogP contribution < -0.4 is 11.3 Å². The molecule has 1 aliphatic rings. The number of aliphatic hydroxyl groups excluding tert-OH is 1. The summed E-state index contributed by atoms with van der Waals surface area (Å²) >= 11 is 0. The highest BCUT2D eigenvalue weighted by Crippen LogP contribution is 2.45. The number of nitrogen functional groups attached to an aromatic ring is 1. The average molecular weight is 340 g/mol. The van der Waals surface area contributed by atoms with Crippen molar-refractivity contribution in [3.8, 4) is 0 Å². The molecule has 3 atom stereocenters. The third-order valence-corrected chi connectivity index (χ3v) is 3.69. The summed E-state index contributed by atoms with van der Waals surface area (Å²) in [6, 6.07) is 0. The summed E-state index contributed by atoms with van der Waals surface area (Å²) in [4.78, 5) is 23.9. The molecule has 3 heterocycles. The fourth-order valence-corrected chi connectivity index (χ4v) is 2.51. The van der Waals surface area contributed by atoms with Crippen molar-refractivity contribution in [2.45, 2.75) is 23.8 Å². The Morgan fingerprint density at radius 1 is 1.54 bits per heavy atom. The van der Waals surface area contributed by atoms with Crippen LogP contribution in [0.25, 0.3) is 21.6 Å². The summed E-state index contributed by atoms with van der Waals surface area (Å²) in [5.74, 6) is -3.43. The number of rotatable bonds is 3. The highest BCUT2D eigenvalue weighted by atomic mass is 16.6. The van der Waals surface area contributed by atoms with Gasteiger partial charge in [0.05, 0.1) is 12.9 Å². The topological polar surface area (TPSA) is 228 Å². The molecule has 0 spiro atoms. The molecule has 2 aromatic rings. The van der Waals surface area contributed by atoms with Crippen molar-refractivity contribution in [2.75, 3.05) is 12.3 Å². The Hall–Kier alpha value is -2.74. The molecular formula is C10H12N8O6. The fraction of sp³-hybridized carbons (Fsp3) is 0.500. The van der Waals surface area contributed by atoms with Crippen molar-refractivity contribution < 1.29 is 25.2 Å². The molecule has 7 N–H and O–H groups in total. The van der Waals surface area contributed by atoms with Gasteiger partial charge in [0.2, 0.25) is 17.5 Å². The molecule has 1 fully saturated rings. The van der Waals surface area contributed by atoms with Crippen LogP contribution in [0.3, 0.4) is 0 Å². The molecule has 128 valence electrons. The molecule has 2 aromatic heterocycles. The lowest BCUT2D eigenvalue weighted by atomic mass is 10.00. The molecule has 1 aliphatic heterocycles. The number of nitrogens with one attached hydrogen (secondary N) is 1. The van der Waals surface area contributed by atoms with Crippen molar-refractivity contribution >= 4 is 17.1 Å². The summed E-state index contributed by atoms with van der Waals surface area (Å²) in [6.45, 7) is -0.891. The third-order valence-electron chi connectivity index (χ3n) is 3.69. The van der Waals surface area contributed by atoms with Gasteiger partial charge in [-0.2, -0.15) is 4.98 Å². The molecule has 3 rings (SSSR count). The van der Waals surface area contributed by atoms with Crippen LogP contribution in [-0.4, -0.2) is 64.2 Å². The van der Waals surface area contributed by atoms with E-state index in [1.165, 1.54) is 0 Å². The minimum Gasteiger partial charge on any atom is -0.394 e. The average Bonchev–Trinajstić information content (AvgIpc) is 2.98. The van der Waals surface area contributed by atoms with Crippen LogP contribution in [0, 0.1) is 0 Å². The SMILES string of the molecule is [N-]=[N+]=N[C@@]1(O)[C@@H](CO)O[C@@H](n2cnc3c(=O)[nH]c(N)nc32)C1(O)O. The number of H-pyrrole nitrogens is 1. The summed E-state index contributed by atoms with van der Waals surface area (Å²) in [5, 5.41) is 43.1. The van der Waals surface area contributed by atoms with Gasteiger partial charge < -0.3 is 30.9 Å². The van der Waals surface area contributed by atoms with Gasteiger partial charge in [-0.15, -0.1) is 0 Å². The van der Waals surface area contributed by atoms with Gasteiger partial charge in [0.25, 0.3) is 5.56 Å². The molecule has 0 unspecified atom stereocenters. The Morgan fingerprint density at radius 3 is 2.88 bits per heavy atom. The monoisotopic (exact) mass is 340 g/mol. The van der Waals surface area contributed by atoms with Gasteiger partial charge in [0.15, 0.2) is 17.4 Å². The maximum absolute atomic E-state index is 11.8. The number of nitrogens with two attached hydrogens (primary N) is 1. The van der Waals surface area contributed by atoms with Crippen LogP contribution in [0.15, 0.2) is 16.2 Å². The van der Waals surface area contributed by atoms with E-state index in [0.717, 1.165) is 10.9 Å². The Balaban J connectivity index is 2.20. The van der Waals surface area contributed by atoms with E-state index < -0.39 is 36.0 Å². The van der Waals surface area contributed by atoms with Crippen molar-refractivity contribution in [3.63, 3.8) is 0 Å². The highest BCUT2D eigenvalue weighted by molar-refractivity contribution is 5.70. The summed E-state index contributed by atoms with van der Waals surface area (Å²) in [6.07, 6.45) is -2.47. The van der Waals surface area contributed by atoms with Crippen molar-refractivity contribution in [1.82, 2.24) is 19.5 Å². The number of aromatic amines is 1. The lowest BCUT2D eigenvalue weighted by molar-refractivity contribution is -0.281. The van der Waals surface area contributed by atoms with Gasteiger partial charge in [-0.05, 0) is 5.53 Å². The Labute approximate surface area is 131 Å². The smallest absolute Gasteiger partial charge is 0.280 e. The van der Waals surface area contributed by atoms with Gasteiger partial charge >= 0.3 is 0 Å². The van der Waals surface area contributed by atoms with Crippen molar-refractivity contribution in [2.24, 2.45) is 5.11 Å². The molecule has 0 aromatic carbocycles. The predicted octanol–water partition coefficient (Wildman–Crippen LogP) is -2.73. The quantitative estimate of drug-likeness (QED) is 0.147. The van der Waals surface area contributed by atoms with Crippen molar-refractivity contribution in [3.05, 3.63) is 27.1 Å². The van der Waals surface area contributed by atoms with Crippen LogP contribution in [0.4, 0.5) is 5.95 Å². The Bertz CT molecular complexity index is 900. The molecule has 24 heavy (non-hydrogen) atoms. The van der Waals surface area contributed by atoms with Gasteiger partial charge in [-0.1, -0.05) is 5.11 Å². The number of imidazole rings is 1. The lowest BCUT2D eigenvalue weighted by Gasteiger charge is -2.32. The number of nitrogens with zero attached hydrogens (tertiary/aromatic N) is 6. The normalized spacial score (nSPS) is 28.8. The first-order chi connectivity index (χ1) is 11.3. The van der Waals surface area contributed by atoms with Crippen LogP contribution in [0.2, 0.25) is 0 Å². The second kappa shape index (κ2) is 5.13. The van der Waals surface area contributed by atoms with Crippen LogP contribution >= 0.6 is 0 Å². The first-order valence-electron chi connectivity index (χ1n) is 6.48. The largest absolute Gasteiger partial charge is 0.394 e. The van der Waals surface area contributed by atoms with E-state index in [2.05, 4.69) is 25.0 Å². The van der Waals surface area contributed by atoms with Gasteiger partial charge in [0, 0.05) is 4.91 Å². The Morgan fingerprint density at radius 2 is 2.25 bits per heavy atom. The summed E-state index contributed by atoms with van der Waals surface area (Å²) in [5.41, 5.74) is 10.1. The minimum absolute atomic E-state index is 0.171. The van der Waals surface area contributed by atoms with Crippen LogP contribution in [0.5, 0.6) is 0 Å². The van der Waals surface area contributed by atoms with E-state index in [-0.39, 0.29) is 17.1 Å². The molecule has 1 saturated heterocycles. The fourth-order valence-electron chi connectivity index (χ4n) is 2.51. The standard InChI is InChI=1S/C10H12N8O6/c11-8-14-5-4(6(20)15-8)13-2-18(5)7-10(22,23)9(21,16-17-12)3(1-19)24-7/h2-3,7,19,21-23H,1H2,(H3,11,14,15,20)/t3-,7-,9-/m1/s1. The molecule has 0 bridgehead atoms. The molecular weight excluding hydrogens is 328 g/mol. The molecule has 0 radical (unpaired) electrons. The molecule has 14 nitrogen and oxygen atoms in total. The summed E-state index contributed by atoms with van der Waals surface area (Å²) in [7, 11) is 0. The zero-order valence-corrected chi connectivity index (χ0v) is 11.8. The zero-order valence-electron chi connectivity index (χ0n) is 11.8. The van der Waals surface area contributed by atoms with Gasteiger partial charge in [-0.3, -0.25) is 14.3 Å². The molecule has 14 heteroatoms. The maximum atomic E-state index is 11.8. The number of hydrogen-bond acceptors (Lipinski definition) is 10. The first-order valence-corrected chi connectivity index (χ1v) is 6.48. The van der Waals surface area contributed by atoms with E-state index >= 15 is 0 Å². The number of anilines is 1. The van der Waals surface area contributed by atoms with Crippen LogP contribution in [0.1, 0.15) is 6.23 Å². The number of hydrogen-bond donors (Lipinski definition) is 6. The third kappa shape index (κ3) is 1.96. The predicted molar refractivity (Wildman–Crippen MR) is 74.8 cm³/mol. The minimum atomic E-state index is -3.17. The zero-order chi connectivity index (χ0) is 17.7. The van der Waals surface area contributed by atoms with E-state index in [0.29, 0.717) is 0 Å². The van der Waals surface area contributed by atoms with Crippen molar-refractivity contribution in [1.29, 1.82) is 0 Å². The van der Waals surface area contributed by atoms with Gasteiger partial charge in [-0.25, -0.2) is 4.98 Å². The number of ether oxygens (including phenoxy) is 1. The second-order valence-corrected chi connectivity index (χ2v) is 5.08. The van der Waals surface area contributed by atoms with Crippen LogP contribution in [-0.2, 0) is 4.74 Å². The second-order valence-electron chi connectivity index (χ2n) is 5.08. The van der Waals surface area contributed by atoms with E-state index in [1.54, 1.807) is 0 Å². The van der Waals surface area contributed by atoms with E-state index in [4.69, 9.17) is 16.0 Å². The van der Waals surface area contributed by atoms with E-state index in [1.807, 2.05) is 0 Å². The number of aromatic nitrogens is 4. The number of azide groups is 1. The molecule has 0 aliphatic carbocycles. The first kappa shape index (κ1) is 16.1. The van der Waals surface area contributed by atoms with Gasteiger partial charge in [0.1, 0.15) is 6.10 Å². The Kier molecular flexibility index (Phi) is 3.45. The number of fused-ring (bicyclic) bond motifs is 1. The maximum Gasteiger partial charge on any atom is 0.280 e. The molecule has 0 amide bonds. The summed E-state index contributed by atoms with van der Waals surface area (Å²) < 4.78 is 6.10. The highest BCUT2D eigenvalue weighted by Gasteiger charge is 2.66. The molecule has 0 saturated carbocycles. The number of aliphatic hydroxyl groups is 4. The lowest BCUT2D eigenvalue weighted by Crippen LogP contribution is -2.57. The van der Waals surface area contributed by atoms with E-state index in [9.17, 15) is 25.2 Å².